The fourth-order valence-corrected chi connectivity index (χ4v) is 0.785. The van der Waals surface area contributed by atoms with Crippen LogP contribution in [-0.4, -0.2) is 26.0 Å². The Morgan fingerprint density at radius 3 is 2.64 bits per heavy atom. The molecule has 0 radical (unpaired) electrons. The normalized spacial score (nSPS) is 13.0. The molecule has 0 N–H and O–H groups in total. The number of carbonyl (C=O) groups is 1. The molecule has 1 unspecified atom stereocenters. The molecule has 60 valence electrons. The van der Waals surface area contributed by atoms with Gasteiger partial charge in [0.15, 0.2) is 5.82 Å². The summed E-state index contributed by atoms with van der Waals surface area (Å²) in [6.07, 6.45) is 0. The molecule has 0 aliphatic carbocycles. The molecular weight excluding hydrogens is 144 g/mol. The molecule has 1 aromatic heterocycles. The second-order valence-electron chi connectivity index (χ2n) is 2.49. The van der Waals surface area contributed by atoms with Crippen LogP contribution in [-0.2, 0) is 11.8 Å². The lowest BCUT2D eigenvalue weighted by Gasteiger charge is -2.02. The summed E-state index contributed by atoms with van der Waals surface area (Å²) >= 11 is 0. The first kappa shape index (κ1) is 7.84. The molecule has 0 aromatic carbocycles. The molecular formula is C6H10N4O. The van der Waals surface area contributed by atoms with Crippen molar-refractivity contribution in [2.75, 3.05) is 0 Å². The second kappa shape index (κ2) is 2.77. The molecule has 11 heavy (non-hydrogen) atoms. The molecule has 0 aliphatic rings. The zero-order chi connectivity index (χ0) is 8.43. The van der Waals surface area contributed by atoms with E-state index in [-0.39, 0.29) is 11.7 Å². The quantitative estimate of drug-likeness (QED) is 0.597. The summed E-state index contributed by atoms with van der Waals surface area (Å²) in [5.74, 6) is 0.468. The van der Waals surface area contributed by atoms with Crippen molar-refractivity contribution in [3.05, 3.63) is 5.82 Å². The maximum absolute atomic E-state index is 10.9. The minimum atomic E-state index is -0.213. The van der Waals surface area contributed by atoms with Gasteiger partial charge in [-0.3, -0.25) is 4.79 Å². The summed E-state index contributed by atoms with van der Waals surface area (Å²) in [5, 5.41) is 10.8. The molecule has 1 rings (SSSR count). The average molecular weight is 154 g/mol. The number of rotatable bonds is 2. The number of carbonyl (C=O) groups excluding carboxylic acids is 1. The Labute approximate surface area is 64.4 Å². The smallest absolute Gasteiger partial charge is 0.161 e. The number of tetrazole rings is 1. The first-order chi connectivity index (χ1) is 5.13. The zero-order valence-corrected chi connectivity index (χ0v) is 6.77. The molecule has 0 fully saturated rings. The van der Waals surface area contributed by atoms with E-state index in [9.17, 15) is 4.79 Å². The number of hydrogen-bond donors (Lipinski definition) is 0. The molecule has 0 aliphatic heterocycles. The maximum atomic E-state index is 10.9. The predicted molar refractivity (Wildman–Crippen MR) is 37.9 cm³/mol. The van der Waals surface area contributed by atoms with Gasteiger partial charge in [-0.2, -0.15) is 0 Å². The van der Waals surface area contributed by atoms with Crippen molar-refractivity contribution in [2.24, 2.45) is 7.05 Å². The number of aromatic nitrogens is 4. The minimum absolute atomic E-state index is 0.0721. The fraction of sp³-hybridized carbons (Fsp3) is 0.667. The Kier molecular flexibility index (Phi) is 1.98. The second-order valence-corrected chi connectivity index (χ2v) is 2.49. The summed E-state index contributed by atoms with van der Waals surface area (Å²) < 4.78 is 1.51. The van der Waals surface area contributed by atoms with Crippen molar-refractivity contribution in [3.63, 3.8) is 0 Å². The van der Waals surface area contributed by atoms with Crippen molar-refractivity contribution in [1.82, 2.24) is 20.2 Å². The molecule has 1 aromatic rings. The molecule has 5 heteroatoms. The fourth-order valence-electron chi connectivity index (χ4n) is 0.785. The minimum Gasteiger partial charge on any atom is -0.299 e. The van der Waals surface area contributed by atoms with E-state index < -0.39 is 0 Å². The number of aryl methyl sites for hydroxylation is 1. The third kappa shape index (κ3) is 1.42. The van der Waals surface area contributed by atoms with Gasteiger partial charge in [0.2, 0.25) is 0 Å². The first-order valence-corrected chi connectivity index (χ1v) is 3.35. The Bertz CT molecular complexity index is 267. The van der Waals surface area contributed by atoms with Crippen LogP contribution in [0.15, 0.2) is 0 Å². The van der Waals surface area contributed by atoms with Crippen molar-refractivity contribution >= 4 is 5.78 Å². The van der Waals surface area contributed by atoms with E-state index >= 15 is 0 Å². The van der Waals surface area contributed by atoms with Crippen LogP contribution in [0.25, 0.3) is 0 Å². The lowest BCUT2D eigenvalue weighted by Crippen LogP contribution is -2.10. The van der Waals surface area contributed by atoms with Crippen LogP contribution < -0.4 is 0 Å². The molecule has 5 nitrogen and oxygen atoms in total. The van der Waals surface area contributed by atoms with Gasteiger partial charge in [0.1, 0.15) is 5.78 Å². The Morgan fingerprint density at radius 1 is 1.64 bits per heavy atom. The summed E-state index contributed by atoms with van der Waals surface area (Å²) in [4.78, 5) is 10.9. The monoisotopic (exact) mass is 154 g/mol. The Hall–Kier alpha value is -1.26. The van der Waals surface area contributed by atoms with E-state index in [1.807, 2.05) is 0 Å². The van der Waals surface area contributed by atoms with Gasteiger partial charge in [0.25, 0.3) is 0 Å². The number of Topliss-reactive ketones (excluding diaryl/α,β-unsaturated/α-hetero) is 1. The van der Waals surface area contributed by atoms with Crippen LogP contribution in [0.3, 0.4) is 0 Å². The summed E-state index contributed by atoms with van der Waals surface area (Å²) in [7, 11) is 1.72. The largest absolute Gasteiger partial charge is 0.299 e. The number of hydrogen-bond acceptors (Lipinski definition) is 4. The standard InChI is InChI=1S/C6H10N4O/c1-4(5(2)11)6-7-8-9-10(6)3/h4H,1-3H3. The predicted octanol–water partition coefficient (Wildman–Crippen LogP) is -0.0974. The van der Waals surface area contributed by atoms with Crippen molar-refractivity contribution in [3.8, 4) is 0 Å². The third-order valence-corrected chi connectivity index (χ3v) is 1.65. The van der Waals surface area contributed by atoms with E-state index in [0.717, 1.165) is 0 Å². The highest BCUT2D eigenvalue weighted by atomic mass is 16.1. The van der Waals surface area contributed by atoms with Crippen molar-refractivity contribution in [2.45, 2.75) is 19.8 Å². The van der Waals surface area contributed by atoms with Gasteiger partial charge in [-0.05, 0) is 24.3 Å². The summed E-state index contributed by atoms with van der Waals surface area (Å²) in [6.45, 7) is 3.31. The van der Waals surface area contributed by atoms with Crippen LogP contribution in [0.1, 0.15) is 25.6 Å². The molecule has 0 saturated heterocycles. The Morgan fingerprint density at radius 2 is 2.27 bits per heavy atom. The summed E-state index contributed by atoms with van der Waals surface area (Å²) in [5.41, 5.74) is 0. The lowest BCUT2D eigenvalue weighted by atomic mass is 10.1. The first-order valence-electron chi connectivity index (χ1n) is 3.35. The van der Waals surface area contributed by atoms with Crippen LogP contribution in [0.5, 0.6) is 0 Å². The molecule has 1 heterocycles. The molecule has 0 spiro atoms. The molecule has 0 bridgehead atoms. The topological polar surface area (TPSA) is 60.7 Å². The van der Waals surface area contributed by atoms with Crippen molar-refractivity contribution < 1.29 is 4.79 Å². The average Bonchev–Trinajstić information content (AvgIpc) is 2.33. The van der Waals surface area contributed by atoms with Crippen LogP contribution in [0, 0.1) is 0 Å². The van der Waals surface area contributed by atoms with Gasteiger partial charge in [0, 0.05) is 7.05 Å². The number of ketones is 1. The van der Waals surface area contributed by atoms with Gasteiger partial charge in [0.05, 0.1) is 5.92 Å². The van der Waals surface area contributed by atoms with Crippen LogP contribution >= 0.6 is 0 Å². The van der Waals surface area contributed by atoms with Crippen molar-refractivity contribution in [1.29, 1.82) is 0 Å². The maximum Gasteiger partial charge on any atom is 0.161 e. The molecule has 0 amide bonds. The van der Waals surface area contributed by atoms with Crippen LogP contribution in [0.2, 0.25) is 0 Å². The van der Waals surface area contributed by atoms with Gasteiger partial charge in [-0.25, -0.2) is 4.68 Å². The highest BCUT2D eigenvalue weighted by Gasteiger charge is 2.15. The van der Waals surface area contributed by atoms with E-state index in [4.69, 9.17) is 0 Å². The third-order valence-electron chi connectivity index (χ3n) is 1.65. The van der Waals surface area contributed by atoms with Gasteiger partial charge >= 0.3 is 0 Å². The highest BCUT2D eigenvalue weighted by molar-refractivity contribution is 5.81. The van der Waals surface area contributed by atoms with E-state index in [0.29, 0.717) is 5.82 Å². The number of nitrogens with zero attached hydrogens (tertiary/aromatic N) is 4. The summed E-state index contributed by atoms with van der Waals surface area (Å²) in [6, 6.07) is 0. The zero-order valence-electron chi connectivity index (χ0n) is 6.77. The molecule has 1 atom stereocenters. The lowest BCUT2D eigenvalue weighted by molar-refractivity contribution is -0.118. The van der Waals surface area contributed by atoms with Crippen LogP contribution in [0.4, 0.5) is 0 Å². The van der Waals surface area contributed by atoms with E-state index in [1.165, 1.54) is 11.6 Å². The highest BCUT2D eigenvalue weighted by Crippen LogP contribution is 2.09. The SMILES string of the molecule is CC(=O)C(C)c1nnnn1C. The van der Waals surface area contributed by atoms with E-state index in [1.54, 1.807) is 14.0 Å². The molecule has 0 saturated carbocycles. The Balaban J connectivity index is 2.92. The van der Waals surface area contributed by atoms with Gasteiger partial charge < -0.3 is 0 Å². The van der Waals surface area contributed by atoms with Gasteiger partial charge in [-0.15, -0.1) is 5.10 Å². The van der Waals surface area contributed by atoms with Gasteiger partial charge in [-0.1, -0.05) is 0 Å². The van der Waals surface area contributed by atoms with E-state index in [2.05, 4.69) is 15.5 Å².